The monoisotopic (exact) mass is 397 g/mol. The van der Waals surface area contributed by atoms with Gasteiger partial charge in [-0.2, -0.15) is 0 Å². The van der Waals surface area contributed by atoms with Crippen molar-refractivity contribution >= 4 is 0 Å². The third kappa shape index (κ3) is 4.95. The topological polar surface area (TPSA) is 41.9 Å². The third-order valence-corrected chi connectivity index (χ3v) is 5.73. The summed E-state index contributed by atoms with van der Waals surface area (Å²) in [5.74, 6) is -1.80. The molecule has 28 heavy (non-hydrogen) atoms. The zero-order valence-corrected chi connectivity index (χ0v) is 17.6. The molecule has 0 saturated carbocycles. The second-order valence-electron chi connectivity index (χ2n) is 9.65. The highest BCUT2D eigenvalue weighted by Gasteiger charge is 2.40. The van der Waals surface area contributed by atoms with Crippen molar-refractivity contribution < 1.29 is 23.4 Å². The number of hydrogen-bond acceptors (Lipinski definition) is 4. The van der Waals surface area contributed by atoms with Crippen LogP contribution in [0.1, 0.15) is 57.7 Å². The van der Waals surface area contributed by atoms with E-state index in [1.165, 1.54) is 7.11 Å². The van der Waals surface area contributed by atoms with Crippen LogP contribution in [0, 0.1) is 11.3 Å². The molecule has 3 rings (SSSR count). The Morgan fingerprint density at radius 3 is 2.50 bits per heavy atom. The molecule has 1 aromatic carbocycles. The molecule has 1 saturated heterocycles. The Labute approximate surface area is 166 Å². The van der Waals surface area contributed by atoms with Gasteiger partial charge in [-0.25, -0.2) is 8.78 Å². The van der Waals surface area contributed by atoms with Gasteiger partial charge >= 0.3 is 0 Å². The fraction of sp³-hybridized carbons (Fsp3) is 0.727. The predicted octanol–water partition coefficient (Wildman–Crippen LogP) is 4.45. The molecular formula is C22H33F2NO3. The zero-order chi connectivity index (χ0) is 20.7. The lowest BCUT2D eigenvalue weighted by molar-refractivity contribution is -0.0269. The summed E-state index contributed by atoms with van der Waals surface area (Å²) >= 11 is 0. The summed E-state index contributed by atoms with van der Waals surface area (Å²) in [4.78, 5) is 2.45. The molecule has 2 aliphatic rings. The van der Waals surface area contributed by atoms with Gasteiger partial charge in [0, 0.05) is 26.1 Å². The lowest BCUT2D eigenvalue weighted by Gasteiger charge is -2.47. The van der Waals surface area contributed by atoms with Crippen LogP contribution in [-0.2, 0) is 6.42 Å². The van der Waals surface area contributed by atoms with Crippen LogP contribution in [0.15, 0.2) is 12.1 Å². The largest absolute Gasteiger partial charge is 0.493 e. The van der Waals surface area contributed by atoms with Gasteiger partial charge in [-0.1, -0.05) is 20.8 Å². The number of halogens is 2. The summed E-state index contributed by atoms with van der Waals surface area (Å²) in [6, 6.07) is 3.88. The highest BCUT2D eigenvalue weighted by Crippen LogP contribution is 2.44. The van der Waals surface area contributed by atoms with Crippen molar-refractivity contribution in [3.05, 3.63) is 23.3 Å². The maximum Gasteiger partial charge on any atom is 0.278 e. The minimum atomic E-state index is -2.90. The van der Waals surface area contributed by atoms with E-state index >= 15 is 0 Å². The number of nitrogens with zero attached hydrogens (tertiary/aromatic N) is 1. The number of aliphatic hydroxyl groups is 1. The van der Waals surface area contributed by atoms with Crippen LogP contribution in [0.4, 0.5) is 8.78 Å². The number of rotatable bonds is 5. The quantitative estimate of drug-likeness (QED) is 0.797. The smallest absolute Gasteiger partial charge is 0.278 e. The molecule has 3 atom stereocenters. The fourth-order valence-corrected chi connectivity index (χ4v) is 4.56. The first-order chi connectivity index (χ1) is 13.0. The Balaban J connectivity index is 1.82. The SMILES string of the molecule is COc1cc2c(cc1OCC(C)(F)F)CCN1CC(CC(C)(C)C)C(O)CC21. The Hall–Kier alpha value is -1.40. The molecule has 2 aliphatic heterocycles. The Morgan fingerprint density at radius 1 is 1.18 bits per heavy atom. The van der Waals surface area contributed by atoms with Gasteiger partial charge in [-0.3, -0.25) is 4.90 Å². The molecular weight excluding hydrogens is 364 g/mol. The van der Waals surface area contributed by atoms with Gasteiger partial charge in [0.25, 0.3) is 5.92 Å². The van der Waals surface area contributed by atoms with Gasteiger partial charge in [-0.05, 0) is 53.9 Å². The molecule has 0 bridgehead atoms. The van der Waals surface area contributed by atoms with Gasteiger partial charge in [0.1, 0.15) is 0 Å². The molecule has 1 aromatic rings. The van der Waals surface area contributed by atoms with Gasteiger partial charge in [0.05, 0.1) is 13.2 Å². The molecule has 3 unspecified atom stereocenters. The maximum absolute atomic E-state index is 13.2. The van der Waals surface area contributed by atoms with E-state index in [0.29, 0.717) is 17.9 Å². The summed E-state index contributed by atoms with van der Waals surface area (Å²) < 4.78 is 37.2. The predicted molar refractivity (Wildman–Crippen MR) is 105 cm³/mol. The van der Waals surface area contributed by atoms with Crippen LogP contribution in [0.25, 0.3) is 0 Å². The van der Waals surface area contributed by atoms with Crippen molar-refractivity contribution in [3.63, 3.8) is 0 Å². The van der Waals surface area contributed by atoms with Crippen molar-refractivity contribution in [2.45, 2.75) is 65.0 Å². The van der Waals surface area contributed by atoms with Crippen LogP contribution < -0.4 is 9.47 Å². The molecule has 0 aromatic heterocycles. The second-order valence-corrected chi connectivity index (χ2v) is 9.65. The lowest BCUT2D eigenvalue weighted by Crippen LogP contribution is -2.48. The summed E-state index contributed by atoms with van der Waals surface area (Å²) in [6.45, 7) is 8.58. The molecule has 2 heterocycles. The van der Waals surface area contributed by atoms with Gasteiger partial charge < -0.3 is 14.6 Å². The van der Waals surface area contributed by atoms with E-state index in [1.54, 1.807) is 0 Å². The van der Waals surface area contributed by atoms with Crippen LogP contribution in [0.3, 0.4) is 0 Å². The maximum atomic E-state index is 13.2. The number of piperidine rings is 1. The highest BCUT2D eigenvalue weighted by atomic mass is 19.3. The van der Waals surface area contributed by atoms with Gasteiger partial charge in [-0.15, -0.1) is 0 Å². The van der Waals surface area contributed by atoms with Gasteiger partial charge in [0.15, 0.2) is 18.1 Å². The fourth-order valence-electron chi connectivity index (χ4n) is 4.56. The molecule has 1 N–H and O–H groups in total. The zero-order valence-electron chi connectivity index (χ0n) is 17.6. The van der Waals surface area contributed by atoms with Gasteiger partial charge in [0.2, 0.25) is 0 Å². The van der Waals surface area contributed by atoms with Crippen molar-refractivity contribution in [2.24, 2.45) is 11.3 Å². The van der Waals surface area contributed by atoms with E-state index in [9.17, 15) is 13.9 Å². The molecule has 0 aliphatic carbocycles. The number of methoxy groups -OCH3 is 1. The van der Waals surface area contributed by atoms with Crippen LogP contribution in [0.5, 0.6) is 11.5 Å². The number of hydrogen-bond donors (Lipinski definition) is 1. The highest BCUT2D eigenvalue weighted by molar-refractivity contribution is 5.49. The van der Waals surface area contributed by atoms with Crippen LogP contribution in [0.2, 0.25) is 0 Å². The summed E-state index contributed by atoms with van der Waals surface area (Å²) in [6.07, 6.45) is 2.18. The molecule has 158 valence electrons. The number of benzene rings is 1. The van der Waals surface area contributed by atoms with E-state index in [-0.39, 0.29) is 23.5 Å². The second kappa shape index (κ2) is 7.79. The lowest BCUT2D eigenvalue weighted by atomic mass is 9.75. The summed E-state index contributed by atoms with van der Waals surface area (Å²) in [7, 11) is 1.52. The van der Waals surface area contributed by atoms with Crippen molar-refractivity contribution in [2.75, 3.05) is 26.8 Å². The van der Waals surface area contributed by atoms with E-state index in [4.69, 9.17) is 9.47 Å². The third-order valence-electron chi connectivity index (χ3n) is 5.73. The van der Waals surface area contributed by atoms with E-state index in [0.717, 1.165) is 44.0 Å². The molecule has 0 radical (unpaired) electrons. The first kappa shape index (κ1) is 21.3. The minimum absolute atomic E-state index is 0.130. The number of alkyl halides is 2. The first-order valence-corrected chi connectivity index (χ1v) is 10.1. The average molecular weight is 398 g/mol. The molecule has 6 heteroatoms. The van der Waals surface area contributed by atoms with E-state index in [2.05, 4.69) is 25.7 Å². The normalized spacial score (nSPS) is 25.8. The molecule has 4 nitrogen and oxygen atoms in total. The number of fused-ring (bicyclic) bond motifs is 3. The number of aliphatic hydroxyl groups excluding tert-OH is 1. The van der Waals surface area contributed by atoms with E-state index in [1.807, 2.05) is 12.1 Å². The average Bonchev–Trinajstić information content (AvgIpc) is 2.58. The summed E-state index contributed by atoms with van der Waals surface area (Å²) in [5.41, 5.74) is 2.40. The Morgan fingerprint density at radius 2 is 1.89 bits per heavy atom. The van der Waals surface area contributed by atoms with Crippen LogP contribution >= 0.6 is 0 Å². The summed E-state index contributed by atoms with van der Waals surface area (Å²) in [5, 5.41) is 10.8. The van der Waals surface area contributed by atoms with Crippen molar-refractivity contribution in [1.82, 2.24) is 4.90 Å². The standard InChI is InChI=1S/C22H33F2NO3/c1-21(2,3)11-15-12-25-7-6-14-8-20(28-13-22(4,23)24)19(27-5)9-16(14)17(25)10-18(15)26/h8-9,15,17-18,26H,6-7,10-13H2,1-5H3. The Kier molecular flexibility index (Phi) is 5.93. The van der Waals surface area contributed by atoms with Crippen molar-refractivity contribution in [1.29, 1.82) is 0 Å². The van der Waals surface area contributed by atoms with E-state index < -0.39 is 12.5 Å². The first-order valence-electron chi connectivity index (χ1n) is 10.1. The van der Waals surface area contributed by atoms with Crippen molar-refractivity contribution in [3.8, 4) is 11.5 Å². The molecule has 1 fully saturated rings. The Bertz CT molecular complexity index is 696. The van der Waals surface area contributed by atoms with Crippen LogP contribution in [-0.4, -0.2) is 48.8 Å². The minimum Gasteiger partial charge on any atom is -0.493 e. The number of ether oxygens (including phenoxy) is 2. The molecule has 0 spiro atoms. The molecule has 0 amide bonds.